The predicted molar refractivity (Wildman–Crippen MR) is 82.4 cm³/mol. The van der Waals surface area contributed by atoms with E-state index in [0.29, 0.717) is 11.6 Å². The van der Waals surface area contributed by atoms with Crippen molar-refractivity contribution in [2.24, 2.45) is 0 Å². The molecule has 1 amide bonds. The lowest BCUT2D eigenvalue weighted by Crippen LogP contribution is -2.30. The van der Waals surface area contributed by atoms with E-state index in [9.17, 15) is 9.18 Å². The van der Waals surface area contributed by atoms with Crippen molar-refractivity contribution in [1.29, 1.82) is 0 Å². The van der Waals surface area contributed by atoms with Gasteiger partial charge in [0.05, 0.1) is 18.1 Å². The van der Waals surface area contributed by atoms with Gasteiger partial charge in [-0.1, -0.05) is 6.07 Å². The molecule has 22 heavy (non-hydrogen) atoms. The fraction of sp³-hybridized carbons (Fsp3) is 0.312. The van der Waals surface area contributed by atoms with E-state index in [1.807, 2.05) is 0 Å². The molecule has 0 radical (unpaired) electrons. The van der Waals surface area contributed by atoms with Crippen molar-refractivity contribution in [3.8, 4) is 0 Å². The Hall–Kier alpha value is -2.50. The molecule has 0 saturated carbocycles. The number of halogens is 1. The van der Waals surface area contributed by atoms with Crippen LogP contribution in [-0.2, 0) is 0 Å². The van der Waals surface area contributed by atoms with Crippen LogP contribution in [0.3, 0.4) is 0 Å². The van der Waals surface area contributed by atoms with Crippen molar-refractivity contribution >= 4 is 17.5 Å². The Balaban J connectivity index is 1.66. The first-order chi connectivity index (χ1) is 10.7. The highest BCUT2D eigenvalue weighted by atomic mass is 19.1. The molecule has 1 N–H and O–H groups in total. The Morgan fingerprint density at radius 3 is 2.55 bits per heavy atom. The van der Waals surface area contributed by atoms with Crippen molar-refractivity contribution in [1.82, 2.24) is 9.97 Å². The fourth-order valence-corrected chi connectivity index (χ4v) is 2.48. The van der Waals surface area contributed by atoms with E-state index in [2.05, 4.69) is 20.2 Å². The van der Waals surface area contributed by atoms with Crippen LogP contribution < -0.4 is 10.2 Å². The number of amides is 1. The van der Waals surface area contributed by atoms with Gasteiger partial charge in [0.15, 0.2) is 0 Å². The molecule has 2 heterocycles. The number of carbonyl (C=O) groups excluding carboxylic acids is 1. The number of rotatable bonds is 3. The fourth-order valence-electron chi connectivity index (χ4n) is 2.48. The summed E-state index contributed by atoms with van der Waals surface area (Å²) in [7, 11) is 0. The molecule has 1 aromatic carbocycles. The average molecular weight is 300 g/mol. The lowest BCUT2D eigenvalue weighted by Gasteiger charge is -2.26. The van der Waals surface area contributed by atoms with Gasteiger partial charge >= 0.3 is 0 Å². The maximum Gasteiger partial charge on any atom is 0.255 e. The molecule has 6 heteroatoms. The van der Waals surface area contributed by atoms with Gasteiger partial charge in [0.25, 0.3) is 5.91 Å². The lowest BCUT2D eigenvalue weighted by molar-refractivity contribution is 0.102. The Kier molecular flexibility index (Phi) is 4.27. The zero-order valence-electron chi connectivity index (χ0n) is 12.1. The number of carbonyl (C=O) groups is 1. The maximum absolute atomic E-state index is 13.1. The van der Waals surface area contributed by atoms with Gasteiger partial charge in [-0.2, -0.15) is 0 Å². The number of benzene rings is 1. The molecule has 2 aromatic rings. The average Bonchev–Trinajstić information content (AvgIpc) is 2.56. The molecule has 0 aliphatic carbocycles. The number of nitrogens with one attached hydrogen (secondary N) is 1. The van der Waals surface area contributed by atoms with Gasteiger partial charge in [-0.05, 0) is 37.5 Å². The Labute approximate surface area is 128 Å². The smallest absolute Gasteiger partial charge is 0.255 e. The lowest BCUT2D eigenvalue weighted by atomic mass is 10.1. The Bertz CT molecular complexity index is 653. The summed E-state index contributed by atoms with van der Waals surface area (Å²) < 4.78 is 13.1. The molecule has 0 unspecified atom stereocenters. The first-order valence-electron chi connectivity index (χ1n) is 7.36. The summed E-state index contributed by atoms with van der Waals surface area (Å²) in [5, 5.41) is 2.67. The van der Waals surface area contributed by atoms with Gasteiger partial charge in [-0.3, -0.25) is 4.79 Å². The topological polar surface area (TPSA) is 58.1 Å². The number of hydrogen-bond donors (Lipinski definition) is 1. The molecular formula is C16H17FN4O. The van der Waals surface area contributed by atoms with E-state index in [-0.39, 0.29) is 11.5 Å². The van der Waals surface area contributed by atoms with Crippen molar-refractivity contribution in [2.75, 3.05) is 23.3 Å². The van der Waals surface area contributed by atoms with E-state index in [1.165, 1.54) is 24.6 Å². The molecule has 114 valence electrons. The highest BCUT2D eigenvalue weighted by molar-refractivity contribution is 6.04. The first-order valence-corrected chi connectivity index (χ1v) is 7.36. The summed E-state index contributed by atoms with van der Waals surface area (Å²) in [4.78, 5) is 22.7. The van der Waals surface area contributed by atoms with Gasteiger partial charge in [-0.15, -0.1) is 0 Å². The minimum atomic E-state index is -0.440. The normalized spacial score (nSPS) is 14.7. The van der Waals surface area contributed by atoms with E-state index < -0.39 is 5.82 Å². The minimum Gasteiger partial charge on any atom is -0.341 e. The second-order valence-electron chi connectivity index (χ2n) is 5.28. The number of piperidine rings is 1. The van der Waals surface area contributed by atoms with Gasteiger partial charge in [-0.25, -0.2) is 14.4 Å². The molecule has 1 aliphatic heterocycles. The van der Waals surface area contributed by atoms with Gasteiger partial charge < -0.3 is 10.2 Å². The molecule has 1 aromatic heterocycles. The zero-order valence-corrected chi connectivity index (χ0v) is 12.1. The third-order valence-corrected chi connectivity index (χ3v) is 3.62. The number of aromatic nitrogens is 2. The van der Waals surface area contributed by atoms with Gasteiger partial charge in [0.1, 0.15) is 5.82 Å². The van der Waals surface area contributed by atoms with Crippen LogP contribution in [0.2, 0.25) is 0 Å². The summed E-state index contributed by atoms with van der Waals surface area (Å²) in [6, 6.07) is 5.55. The van der Waals surface area contributed by atoms with Crippen molar-refractivity contribution in [3.63, 3.8) is 0 Å². The van der Waals surface area contributed by atoms with Crippen molar-refractivity contribution < 1.29 is 9.18 Å². The standard InChI is InChI=1S/C16H17FN4O/c17-13-6-4-5-12(9-13)15(22)20-14-10-18-16(19-11-14)21-7-2-1-3-8-21/h4-6,9-11H,1-3,7-8H2,(H,20,22). The first kappa shape index (κ1) is 14.4. The molecular weight excluding hydrogens is 283 g/mol. The van der Waals surface area contributed by atoms with Crippen LogP contribution in [0.1, 0.15) is 29.6 Å². The van der Waals surface area contributed by atoms with Crippen LogP contribution in [0.15, 0.2) is 36.7 Å². The van der Waals surface area contributed by atoms with Gasteiger partial charge in [0.2, 0.25) is 5.95 Å². The molecule has 0 spiro atoms. The maximum atomic E-state index is 13.1. The Morgan fingerprint density at radius 1 is 1.14 bits per heavy atom. The number of anilines is 2. The van der Waals surface area contributed by atoms with Crippen LogP contribution >= 0.6 is 0 Å². The summed E-state index contributed by atoms with van der Waals surface area (Å²) in [6.07, 6.45) is 6.71. The highest BCUT2D eigenvalue weighted by Gasteiger charge is 2.13. The van der Waals surface area contributed by atoms with E-state index >= 15 is 0 Å². The SMILES string of the molecule is O=C(Nc1cnc(N2CCCCC2)nc1)c1cccc(F)c1. The van der Waals surface area contributed by atoms with Crippen LogP contribution in [0.4, 0.5) is 16.0 Å². The molecule has 0 bridgehead atoms. The summed E-state index contributed by atoms with van der Waals surface area (Å²) in [5.41, 5.74) is 0.759. The van der Waals surface area contributed by atoms with Gasteiger partial charge in [0, 0.05) is 18.7 Å². The summed E-state index contributed by atoms with van der Waals surface area (Å²) in [6.45, 7) is 1.93. The van der Waals surface area contributed by atoms with E-state index in [1.54, 1.807) is 18.5 Å². The molecule has 1 fully saturated rings. The molecule has 3 rings (SSSR count). The van der Waals surface area contributed by atoms with Crippen LogP contribution in [0.25, 0.3) is 0 Å². The molecule has 1 aliphatic rings. The van der Waals surface area contributed by atoms with Crippen LogP contribution in [-0.4, -0.2) is 29.0 Å². The summed E-state index contributed by atoms with van der Waals surface area (Å²) >= 11 is 0. The molecule has 5 nitrogen and oxygen atoms in total. The molecule has 0 atom stereocenters. The monoisotopic (exact) mass is 300 g/mol. The quantitative estimate of drug-likeness (QED) is 0.947. The largest absolute Gasteiger partial charge is 0.341 e. The van der Waals surface area contributed by atoms with E-state index in [4.69, 9.17) is 0 Å². The van der Waals surface area contributed by atoms with E-state index in [0.717, 1.165) is 25.9 Å². The van der Waals surface area contributed by atoms with Crippen molar-refractivity contribution in [2.45, 2.75) is 19.3 Å². The van der Waals surface area contributed by atoms with Crippen LogP contribution in [0.5, 0.6) is 0 Å². The number of nitrogens with zero attached hydrogens (tertiary/aromatic N) is 3. The third kappa shape index (κ3) is 3.39. The predicted octanol–water partition coefficient (Wildman–Crippen LogP) is 2.86. The summed E-state index contributed by atoms with van der Waals surface area (Å²) in [5.74, 6) is -0.137. The second kappa shape index (κ2) is 6.51. The zero-order chi connectivity index (χ0) is 15.4. The highest BCUT2D eigenvalue weighted by Crippen LogP contribution is 2.16. The second-order valence-corrected chi connectivity index (χ2v) is 5.28. The van der Waals surface area contributed by atoms with Crippen LogP contribution in [0, 0.1) is 5.82 Å². The molecule has 1 saturated heterocycles. The third-order valence-electron chi connectivity index (χ3n) is 3.62. The minimum absolute atomic E-state index is 0.264. The Morgan fingerprint density at radius 2 is 1.86 bits per heavy atom. The van der Waals surface area contributed by atoms with Crippen molar-refractivity contribution in [3.05, 3.63) is 48.0 Å². The number of hydrogen-bond acceptors (Lipinski definition) is 4.